The molecule has 0 saturated carbocycles. The Balaban J connectivity index is 1.76. The summed E-state index contributed by atoms with van der Waals surface area (Å²) in [6, 6.07) is 4.59. The number of hydrogen-bond acceptors (Lipinski definition) is 5. The van der Waals surface area contributed by atoms with E-state index in [9.17, 15) is 0 Å². The zero-order valence-electron chi connectivity index (χ0n) is 13.6. The second-order valence-corrected chi connectivity index (χ2v) is 7.30. The Morgan fingerprint density at radius 1 is 1.36 bits per heavy atom. The topological polar surface area (TPSA) is 32.3 Å². The molecular weight excluding hydrogens is 292 g/mol. The quantitative estimate of drug-likeness (QED) is 0.847. The van der Waals surface area contributed by atoms with Crippen molar-refractivity contribution in [2.45, 2.75) is 38.9 Å². The van der Waals surface area contributed by atoms with Crippen molar-refractivity contribution in [3.05, 3.63) is 45.7 Å². The molecule has 5 heteroatoms. The van der Waals surface area contributed by atoms with Crippen LogP contribution in [0.2, 0.25) is 0 Å². The summed E-state index contributed by atoms with van der Waals surface area (Å²) in [4.78, 5) is 15.5. The first-order chi connectivity index (χ1) is 10.6. The Hall–Kier alpha value is -1.30. The number of aromatic nitrogens is 2. The van der Waals surface area contributed by atoms with E-state index in [4.69, 9.17) is 4.98 Å². The molecule has 0 spiro atoms. The third-order valence-electron chi connectivity index (χ3n) is 4.19. The van der Waals surface area contributed by atoms with Gasteiger partial charge in [-0.25, -0.2) is 9.97 Å². The van der Waals surface area contributed by atoms with E-state index in [1.54, 1.807) is 0 Å². The van der Waals surface area contributed by atoms with Crippen molar-refractivity contribution in [3.8, 4) is 0 Å². The molecule has 1 saturated heterocycles. The molecule has 0 amide bonds. The lowest BCUT2D eigenvalue weighted by Gasteiger charge is -2.23. The largest absolute Gasteiger partial charge is 0.304 e. The lowest BCUT2D eigenvalue weighted by atomic mass is 10.2. The maximum Gasteiger partial charge on any atom is 0.145 e. The van der Waals surface area contributed by atoms with Gasteiger partial charge in [0.15, 0.2) is 0 Å². The van der Waals surface area contributed by atoms with Gasteiger partial charge in [-0.3, -0.25) is 4.90 Å². The maximum atomic E-state index is 4.81. The molecule has 2 aromatic rings. The SMILES string of the molecule is Cc1ccsc1CN1CCCC1c1nccc(CN(C)C)n1. The minimum atomic E-state index is 0.364. The fourth-order valence-electron chi connectivity index (χ4n) is 3.04. The van der Waals surface area contributed by atoms with Crippen molar-refractivity contribution in [1.82, 2.24) is 19.8 Å². The normalized spacial score (nSPS) is 19.2. The molecule has 1 fully saturated rings. The summed E-state index contributed by atoms with van der Waals surface area (Å²) in [5.74, 6) is 0.992. The van der Waals surface area contributed by atoms with Gasteiger partial charge in [-0.1, -0.05) is 0 Å². The Morgan fingerprint density at radius 3 is 2.95 bits per heavy atom. The second kappa shape index (κ2) is 6.86. The Kier molecular flexibility index (Phi) is 4.86. The number of aryl methyl sites for hydroxylation is 1. The molecule has 4 nitrogen and oxygen atoms in total. The highest BCUT2D eigenvalue weighted by Crippen LogP contribution is 2.32. The Morgan fingerprint density at radius 2 is 2.23 bits per heavy atom. The van der Waals surface area contributed by atoms with Crippen LogP contribution in [0.1, 0.15) is 40.8 Å². The first-order valence-electron chi connectivity index (χ1n) is 7.87. The monoisotopic (exact) mass is 316 g/mol. The van der Waals surface area contributed by atoms with E-state index >= 15 is 0 Å². The van der Waals surface area contributed by atoms with Gasteiger partial charge in [0.1, 0.15) is 5.82 Å². The van der Waals surface area contributed by atoms with Gasteiger partial charge in [0.2, 0.25) is 0 Å². The highest BCUT2D eigenvalue weighted by atomic mass is 32.1. The average molecular weight is 316 g/mol. The molecule has 118 valence electrons. The zero-order chi connectivity index (χ0) is 15.5. The zero-order valence-corrected chi connectivity index (χ0v) is 14.4. The van der Waals surface area contributed by atoms with Crippen LogP contribution in [0.15, 0.2) is 23.7 Å². The van der Waals surface area contributed by atoms with E-state index in [0.717, 1.165) is 37.6 Å². The number of rotatable bonds is 5. The summed E-state index contributed by atoms with van der Waals surface area (Å²) in [5, 5.41) is 2.18. The standard InChI is InChI=1S/C17H24N4S/c1-13-7-10-22-16(13)12-21-9-4-5-15(21)17-18-8-6-14(19-17)11-20(2)3/h6-8,10,15H,4-5,9,11-12H2,1-3H3. The molecule has 0 aliphatic carbocycles. The van der Waals surface area contributed by atoms with Gasteiger partial charge in [0, 0.05) is 24.2 Å². The number of thiophene rings is 1. The van der Waals surface area contributed by atoms with Crippen LogP contribution in [0, 0.1) is 6.92 Å². The van der Waals surface area contributed by atoms with Crippen LogP contribution in [0.25, 0.3) is 0 Å². The fraction of sp³-hybridized carbons (Fsp3) is 0.529. The van der Waals surface area contributed by atoms with Gasteiger partial charge in [-0.15, -0.1) is 11.3 Å². The minimum Gasteiger partial charge on any atom is -0.304 e. The van der Waals surface area contributed by atoms with Gasteiger partial charge in [-0.2, -0.15) is 0 Å². The van der Waals surface area contributed by atoms with E-state index in [1.807, 2.05) is 23.6 Å². The van der Waals surface area contributed by atoms with Crippen LogP contribution in [-0.4, -0.2) is 40.4 Å². The van der Waals surface area contributed by atoms with Gasteiger partial charge < -0.3 is 4.90 Å². The van der Waals surface area contributed by atoms with Crippen LogP contribution >= 0.6 is 11.3 Å². The summed E-state index contributed by atoms with van der Waals surface area (Å²) in [7, 11) is 4.15. The molecule has 0 aromatic carbocycles. The molecule has 0 N–H and O–H groups in total. The second-order valence-electron chi connectivity index (χ2n) is 6.30. The summed E-state index contributed by atoms with van der Waals surface area (Å²) < 4.78 is 0. The van der Waals surface area contributed by atoms with Crippen LogP contribution in [0.3, 0.4) is 0 Å². The smallest absolute Gasteiger partial charge is 0.145 e. The van der Waals surface area contributed by atoms with Crippen molar-refractivity contribution in [1.29, 1.82) is 0 Å². The summed E-state index contributed by atoms with van der Waals surface area (Å²) in [6.45, 7) is 5.23. The predicted octanol–water partition coefficient (Wildman–Crippen LogP) is 3.25. The maximum absolute atomic E-state index is 4.81. The Labute approximate surface area is 136 Å². The first kappa shape index (κ1) is 15.6. The molecule has 0 radical (unpaired) electrons. The molecule has 1 atom stereocenters. The third kappa shape index (κ3) is 3.54. The van der Waals surface area contributed by atoms with Gasteiger partial charge in [-0.05, 0) is 63.5 Å². The van der Waals surface area contributed by atoms with Crippen molar-refractivity contribution in [3.63, 3.8) is 0 Å². The van der Waals surface area contributed by atoms with Gasteiger partial charge in [0.05, 0.1) is 11.7 Å². The van der Waals surface area contributed by atoms with Gasteiger partial charge in [0.25, 0.3) is 0 Å². The Bertz CT molecular complexity index is 623. The highest BCUT2D eigenvalue weighted by Gasteiger charge is 2.28. The lowest BCUT2D eigenvalue weighted by molar-refractivity contribution is 0.240. The molecule has 2 aromatic heterocycles. The fourth-order valence-corrected chi connectivity index (χ4v) is 3.97. The van der Waals surface area contributed by atoms with E-state index in [-0.39, 0.29) is 0 Å². The van der Waals surface area contributed by atoms with Crippen molar-refractivity contribution < 1.29 is 0 Å². The third-order valence-corrected chi connectivity index (χ3v) is 5.19. The molecule has 1 aliphatic rings. The number of likely N-dealkylation sites (tertiary alicyclic amines) is 1. The van der Waals surface area contributed by atoms with Gasteiger partial charge >= 0.3 is 0 Å². The van der Waals surface area contributed by atoms with Crippen LogP contribution < -0.4 is 0 Å². The average Bonchev–Trinajstić information content (AvgIpc) is 3.09. The molecule has 3 heterocycles. The molecule has 1 aliphatic heterocycles. The van der Waals surface area contributed by atoms with E-state index in [1.165, 1.54) is 16.9 Å². The molecular formula is C17H24N4S. The molecule has 1 unspecified atom stereocenters. The predicted molar refractivity (Wildman–Crippen MR) is 90.9 cm³/mol. The molecule has 22 heavy (non-hydrogen) atoms. The van der Waals surface area contributed by atoms with Crippen LogP contribution in [0.4, 0.5) is 0 Å². The van der Waals surface area contributed by atoms with E-state index in [2.05, 4.69) is 47.2 Å². The number of nitrogens with zero attached hydrogens (tertiary/aromatic N) is 4. The van der Waals surface area contributed by atoms with Crippen molar-refractivity contribution in [2.24, 2.45) is 0 Å². The highest BCUT2D eigenvalue weighted by molar-refractivity contribution is 7.10. The molecule has 3 rings (SSSR count). The first-order valence-corrected chi connectivity index (χ1v) is 8.75. The van der Waals surface area contributed by atoms with Crippen LogP contribution in [0.5, 0.6) is 0 Å². The summed E-state index contributed by atoms with van der Waals surface area (Å²) in [6.07, 6.45) is 4.31. The van der Waals surface area contributed by atoms with E-state index in [0.29, 0.717) is 6.04 Å². The van der Waals surface area contributed by atoms with E-state index < -0.39 is 0 Å². The van der Waals surface area contributed by atoms with Crippen LogP contribution in [-0.2, 0) is 13.1 Å². The summed E-state index contributed by atoms with van der Waals surface area (Å²) in [5.41, 5.74) is 2.51. The summed E-state index contributed by atoms with van der Waals surface area (Å²) >= 11 is 1.86. The minimum absolute atomic E-state index is 0.364. The number of hydrogen-bond donors (Lipinski definition) is 0. The van der Waals surface area contributed by atoms with Crippen molar-refractivity contribution in [2.75, 3.05) is 20.6 Å². The van der Waals surface area contributed by atoms with Crippen molar-refractivity contribution >= 4 is 11.3 Å². The lowest BCUT2D eigenvalue weighted by Crippen LogP contribution is -2.24. The molecule has 0 bridgehead atoms.